The highest BCUT2D eigenvalue weighted by atomic mass is 35.5. The summed E-state index contributed by atoms with van der Waals surface area (Å²) in [5.74, 6) is -0.957. The van der Waals surface area contributed by atoms with E-state index in [2.05, 4.69) is 31.2 Å². The molecule has 2 heterocycles. The van der Waals surface area contributed by atoms with Gasteiger partial charge in [0.15, 0.2) is 5.43 Å². The van der Waals surface area contributed by atoms with E-state index in [1.807, 2.05) is 11.9 Å². The highest BCUT2D eigenvalue weighted by molar-refractivity contribution is 6.33. The molecule has 0 saturated carbocycles. The fraction of sp³-hybridized carbons (Fsp3) is 0.500. The van der Waals surface area contributed by atoms with Gasteiger partial charge in [-0.05, 0) is 70.7 Å². The number of nitrogens with zero attached hydrogens (tertiary/aromatic N) is 1. The number of rotatable bonds is 18. The van der Waals surface area contributed by atoms with E-state index in [9.17, 15) is 19.8 Å². The number of piperidine rings is 1. The second-order valence-electron chi connectivity index (χ2n) is 13.0. The second kappa shape index (κ2) is 20.1. The van der Waals surface area contributed by atoms with Crippen LogP contribution in [0, 0.1) is 0 Å². The first-order chi connectivity index (χ1) is 23.8. The van der Waals surface area contributed by atoms with Crippen LogP contribution in [0.2, 0.25) is 5.02 Å². The Hall–Kier alpha value is -3.75. The first-order valence-corrected chi connectivity index (χ1v) is 18.3. The first-order valence-electron chi connectivity index (χ1n) is 17.9. The van der Waals surface area contributed by atoms with Crippen LogP contribution in [0.25, 0.3) is 22.3 Å². The average Bonchev–Trinajstić information content (AvgIpc) is 3.07. The van der Waals surface area contributed by atoms with Crippen molar-refractivity contribution in [2.75, 3.05) is 26.7 Å². The number of hydrogen-bond donors (Lipinski definition) is 2. The summed E-state index contributed by atoms with van der Waals surface area (Å²) in [6.07, 6.45) is 21.7. The summed E-state index contributed by atoms with van der Waals surface area (Å²) in [5, 5.41) is 22.1. The Morgan fingerprint density at radius 3 is 2.39 bits per heavy atom. The van der Waals surface area contributed by atoms with Crippen LogP contribution >= 0.6 is 11.6 Å². The molecular formula is C40H52ClNO7. The Bertz CT molecular complexity index is 1610. The van der Waals surface area contributed by atoms with Gasteiger partial charge in [-0.1, -0.05) is 93.5 Å². The van der Waals surface area contributed by atoms with Crippen molar-refractivity contribution in [3.05, 3.63) is 81.5 Å². The van der Waals surface area contributed by atoms with Gasteiger partial charge in [-0.25, -0.2) is 4.79 Å². The summed E-state index contributed by atoms with van der Waals surface area (Å²) in [5.41, 5.74) is 0.362. The van der Waals surface area contributed by atoms with Gasteiger partial charge >= 0.3 is 6.16 Å². The van der Waals surface area contributed by atoms with Gasteiger partial charge in [0.25, 0.3) is 0 Å². The van der Waals surface area contributed by atoms with Gasteiger partial charge in [-0.3, -0.25) is 4.79 Å². The molecule has 0 radical (unpaired) electrons. The molecule has 0 amide bonds. The molecule has 9 heteroatoms. The lowest BCUT2D eigenvalue weighted by molar-refractivity contribution is -0.0114. The molecule has 2 atom stereocenters. The highest BCUT2D eigenvalue weighted by Gasteiger charge is 2.37. The number of benzene rings is 2. The molecule has 49 heavy (non-hydrogen) atoms. The van der Waals surface area contributed by atoms with Gasteiger partial charge in [-0.15, -0.1) is 0 Å². The van der Waals surface area contributed by atoms with E-state index in [4.69, 9.17) is 25.5 Å². The standard InChI is InChI=1S/C40H52ClNO7/c1-3-4-5-6-7-8-9-10-11-12-13-14-15-16-17-20-25-47-40(46)49-36-28-42(2)24-23-30(36)37-32(43)26-33(44)38-34(45)27-35(48-39(37)38)29-21-18-19-22-31(29)41/h7-8,10-11,18-19,21-22,26-27,30,36,43-44H,3-6,9,12-17,20,23-25,28H2,1-2H3/t30?,36-/m0/s1. The summed E-state index contributed by atoms with van der Waals surface area (Å²) < 4.78 is 17.5. The number of aromatic hydroxyl groups is 2. The molecule has 4 rings (SSSR count). The van der Waals surface area contributed by atoms with Crippen molar-refractivity contribution in [3.8, 4) is 22.8 Å². The van der Waals surface area contributed by atoms with Crippen LogP contribution < -0.4 is 5.43 Å². The molecule has 266 valence electrons. The number of carbonyl (C=O) groups is 1. The quantitative estimate of drug-likeness (QED) is 0.0770. The molecule has 0 aliphatic carbocycles. The summed E-state index contributed by atoms with van der Waals surface area (Å²) >= 11 is 6.39. The fourth-order valence-electron chi connectivity index (χ4n) is 6.40. The SMILES string of the molecule is CCCCCC=CCC=CCCCCCCCCOC(=O)O[C@H]1CN(C)CCC1c1c(O)cc(O)c2c(=O)cc(-c3ccccc3Cl)oc12. The monoisotopic (exact) mass is 693 g/mol. The number of phenolic OH excluding ortho intramolecular Hbond substituents is 2. The minimum atomic E-state index is -0.770. The maximum Gasteiger partial charge on any atom is 0.508 e. The van der Waals surface area contributed by atoms with E-state index in [0.29, 0.717) is 35.7 Å². The number of fused-ring (bicyclic) bond motifs is 1. The van der Waals surface area contributed by atoms with Gasteiger partial charge in [0.1, 0.15) is 34.3 Å². The Kier molecular flexibility index (Phi) is 15.6. The molecule has 8 nitrogen and oxygen atoms in total. The van der Waals surface area contributed by atoms with E-state index < -0.39 is 29.4 Å². The number of carbonyl (C=O) groups excluding carboxylic acids is 1. The summed E-state index contributed by atoms with van der Waals surface area (Å²) in [7, 11) is 1.92. The largest absolute Gasteiger partial charge is 0.508 e. The van der Waals surface area contributed by atoms with Crippen molar-refractivity contribution in [2.24, 2.45) is 0 Å². The third-order valence-electron chi connectivity index (χ3n) is 9.08. The van der Waals surface area contributed by atoms with E-state index in [0.717, 1.165) is 44.6 Å². The fourth-order valence-corrected chi connectivity index (χ4v) is 6.63. The molecule has 2 N–H and O–H groups in total. The van der Waals surface area contributed by atoms with Crippen LogP contribution in [0.15, 0.2) is 69.9 Å². The van der Waals surface area contributed by atoms with Crippen LogP contribution in [0.4, 0.5) is 4.79 Å². The molecule has 2 aromatic carbocycles. The third-order valence-corrected chi connectivity index (χ3v) is 9.41. The van der Waals surface area contributed by atoms with Crippen LogP contribution in [-0.2, 0) is 9.47 Å². The maximum absolute atomic E-state index is 13.2. The van der Waals surface area contributed by atoms with E-state index in [1.165, 1.54) is 44.6 Å². The van der Waals surface area contributed by atoms with Crippen molar-refractivity contribution in [2.45, 2.75) is 102 Å². The van der Waals surface area contributed by atoms with Crippen LogP contribution in [-0.4, -0.2) is 54.1 Å². The molecule has 1 unspecified atom stereocenters. The number of likely N-dealkylation sites (tertiary alicyclic amines) is 1. The van der Waals surface area contributed by atoms with Crippen molar-refractivity contribution in [3.63, 3.8) is 0 Å². The average molecular weight is 694 g/mol. The van der Waals surface area contributed by atoms with Crippen LogP contribution in [0.5, 0.6) is 11.5 Å². The van der Waals surface area contributed by atoms with Gasteiger partial charge in [0.2, 0.25) is 0 Å². The zero-order valence-corrected chi connectivity index (χ0v) is 29.8. The lowest BCUT2D eigenvalue weighted by Gasteiger charge is -2.36. The van der Waals surface area contributed by atoms with Crippen molar-refractivity contribution < 1.29 is 28.9 Å². The van der Waals surface area contributed by atoms with Crippen molar-refractivity contribution >= 4 is 28.7 Å². The van der Waals surface area contributed by atoms with Gasteiger partial charge in [0.05, 0.1) is 11.6 Å². The smallest absolute Gasteiger partial charge is 0.507 e. The summed E-state index contributed by atoms with van der Waals surface area (Å²) in [6, 6.07) is 9.37. The number of likely N-dealkylation sites (N-methyl/N-ethyl adjacent to an activating group) is 1. The van der Waals surface area contributed by atoms with Gasteiger partial charge < -0.3 is 29.0 Å². The number of unbranched alkanes of at least 4 members (excludes halogenated alkanes) is 9. The zero-order chi connectivity index (χ0) is 35.0. The number of halogens is 1. The summed E-state index contributed by atoms with van der Waals surface area (Å²) in [4.78, 5) is 28.1. The van der Waals surface area contributed by atoms with Crippen molar-refractivity contribution in [1.29, 1.82) is 0 Å². The molecule has 1 aliphatic heterocycles. The molecule has 1 saturated heterocycles. The van der Waals surface area contributed by atoms with Gasteiger partial charge in [-0.2, -0.15) is 0 Å². The number of phenols is 2. The lowest BCUT2D eigenvalue weighted by atomic mass is 9.85. The Balaban J connectivity index is 1.27. The van der Waals surface area contributed by atoms with Crippen molar-refractivity contribution in [1.82, 2.24) is 4.90 Å². The lowest BCUT2D eigenvalue weighted by Crippen LogP contribution is -2.43. The highest BCUT2D eigenvalue weighted by Crippen LogP contribution is 2.43. The number of allylic oxidation sites excluding steroid dienone is 4. The Labute approximate surface area is 295 Å². The predicted octanol–water partition coefficient (Wildman–Crippen LogP) is 10.3. The molecule has 0 bridgehead atoms. The van der Waals surface area contributed by atoms with Crippen LogP contribution in [0.3, 0.4) is 0 Å². The van der Waals surface area contributed by atoms with E-state index in [-0.39, 0.29) is 29.1 Å². The molecule has 0 spiro atoms. The minimum absolute atomic E-state index is 0.0396. The molecule has 1 fully saturated rings. The molecule has 1 aromatic heterocycles. The normalized spacial score (nSPS) is 17.0. The Morgan fingerprint density at radius 2 is 1.65 bits per heavy atom. The topological polar surface area (TPSA) is 109 Å². The third kappa shape index (κ3) is 11.4. The van der Waals surface area contributed by atoms with Crippen LogP contribution in [0.1, 0.15) is 102 Å². The van der Waals surface area contributed by atoms with Gasteiger partial charge in [0, 0.05) is 35.7 Å². The second-order valence-corrected chi connectivity index (χ2v) is 13.4. The van der Waals surface area contributed by atoms with E-state index in [1.54, 1.807) is 24.3 Å². The maximum atomic E-state index is 13.2. The number of hydrogen-bond acceptors (Lipinski definition) is 8. The molecule has 1 aliphatic rings. The van der Waals surface area contributed by atoms with E-state index >= 15 is 0 Å². The predicted molar refractivity (Wildman–Crippen MR) is 197 cm³/mol. The molecule has 3 aromatic rings. The Morgan fingerprint density at radius 1 is 0.959 bits per heavy atom. The number of ether oxygens (including phenoxy) is 2. The zero-order valence-electron chi connectivity index (χ0n) is 29.0. The minimum Gasteiger partial charge on any atom is -0.507 e. The summed E-state index contributed by atoms with van der Waals surface area (Å²) in [6.45, 7) is 3.54. The molecular weight excluding hydrogens is 642 g/mol. The first kappa shape index (κ1) is 38.1.